The minimum absolute atomic E-state index is 0.0739. The number of benzene rings is 3. The average Bonchev–Trinajstić information content (AvgIpc) is 3.50. The Morgan fingerprint density at radius 2 is 1.57 bits per heavy atom. The van der Waals surface area contributed by atoms with Crippen LogP contribution in [0.1, 0.15) is 32.7 Å². The van der Waals surface area contributed by atoms with Gasteiger partial charge in [0.1, 0.15) is 17.5 Å². The fraction of sp³-hybridized carbons (Fsp3) is 0.364. The first-order valence-corrected chi connectivity index (χ1v) is 14.4. The maximum absolute atomic E-state index is 14.0. The lowest BCUT2D eigenvalue weighted by molar-refractivity contribution is -0.135. The van der Waals surface area contributed by atoms with E-state index in [4.69, 9.17) is 9.47 Å². The smallest absolute Gasteiger partial charge is 0.254 e. The van der Waals surface area contributed by atoms with E-state index < -0.39 is 6.04 Å². The normalized spacial score (nSPS) is 18.4. The fourth-order valence-electron chi connectivity index (χ4n) is 5.76. The molecule has 0 saturated carbocycles. The molecule has 1 N–H and O–H groups in total. The number of nitrogens with one attached hydrogen (secondary N) is 1. The van der Waals surface area contributed by atoms with Crippen LogP contribution in [0.5, 0.6) is 11.5 Å². The maximum Gasteiger partial charge on any atom is 0.254 e. The molecule has 220 valence electrons. The van der Waals surface area contributed by atoms with Gasteiger partial charge < -0.3 is 29.5 Å². The summed E-state index contributed by atoms with van der Waals surface area (Å²) in [7, 11) is 3.15. The van der Waals surface area contributed by atoms with Crippen LogP contribution in [0.15, 0.2) is 78.9 Å². The van der Waals surface area contributed by atoms with E-state index in [0.29, 0.717) is 68.2 Å². The second-order valence-electron chi connectivity index (χ2n) is 10.6. The van der Waals surface area contributed by atoms with E-state index in [0.717, 1.165) is 5.56 Å². The van der Waals surface area contributed by atoms with Crippen molar-refractivity contribution in [3.8, 4) is 11.5 Å². The topological polar surface area (TPSA) is 91.4 Å². The van der Waals surface area contributed by atoms with E-state index in [1.165, 1.54) is 0 Å². The molecule has 0 aromatic heterocycles. The second-order valence-corrected chi connectivity index (χ2v) is 10.6. The highest BCUT2D eigenvalue weighted by Gasteiger charge is 2.44. The zero-order valence-electron chi connectivity index (χ0n) is 24.2. The monoisotopic (exact) mass is 570 g/mol. The predicted octanol–water partition coefficient (Wildman–Crippen LogP) is 3.10. The van der Waals surface area contributed by atoms with Crippen LogP contribution in [0.3, 0.4) is 0 Å². The third-order valence-electron chi connectivity index (χ3n) is 8.09. The zero-order valence-corrected chi connectivity index (χ0v) is 24.2. The van der Waals surface area contributed by atoms with Crippen molar-refractivity contribution in [3.63, 3.8) is 0 Å². The SMILES string of the molecule is COc1ccc(C(=O)N(CCc2ccccc2)C2CC(C(=O)N3CCNCC3)N(C(=O)c3cccc(OC)c3)C2)cc1. The summed E-state index contributed by atoms with van der Waals surface area (Å²) < 4.78 is 10.6. The van der Waals surface area contributed by atoms with Crippen molar-refractivity contribution < 1.29 is 23.9 Å². The van der Waals surface area contributed by atoms with Crippen molar-refractivity contribution >= 4 is 17.7 Å². The molecule has 3 aromatic carbocycles. The number of hydrogen-bond acceptors (Lipinski definition) is 6. The van der Waals surface area contributed by atoms with Crippen molar-refractivity contribution in [3.05, 3.63) is 95.6 Å². The van der Waals surface area contributed by atoms with E-state index >= 15 is 0 Å². The van der Waals surface area contributed by atoms with Gasteiger partial charge in [0.25, 0.3) is 11.8 Å². The van der Waals surface area contributed by atoms with Crippen LogP contribution in [-0.2, 0) is 11.2 Å². The molecule has 9 nitrogen and oxygen atoms in total. The number of piperazine rings is 1. The van der Waals surface area contributed by atoms with E-state index in [1.54, 1.807) is 67.7 Å². The molecule has 2 heterocycles. The molecular formula is C33H38N4O5. The summed E-state index contributed by atoms with van der Waals surface area (Å²) in [5, 5.41) is 3.28. The summed E-state index contributed by atoms with van der Waals surface area (Å²) in [5.41, 5.74) is 2.10. The van der Waals surface area contributed by atoms with Gasteiger partial charge in [-0.15, -0.1) is 0 Å². The summed E-state index contributed by atoms with van der Waals surface area (Å²) in [5.74, 6) is 0.781. The van der Waals surface area contributed by atoms with Gasteiger partial charge in [-0.05, 0) is 60.9 Å². The predicted molar refractivity (Wildman–Crippen MR) is 160 cm³/mol. The molecule has 2 fully saturated rings. The van der Waals surface area contributed by atoms with Crippen LogP contribution in [0, 0.1) is 0 Å². The van der Waals surface area contributed by atoms with Gasteiger partial charge in [-0.25, -0.2) is 0 Å². The van der Waals surface area contributed by atoms with Gasteiger partial charge in [0.05, 0.1) is 20.3 Å². The van der Waals surface area contributed by atoms with E-state index in [2.05, 4.69) is 5.32 Å². The Labute approximate surface area is 247 Å². The minimum atomic E-state index is -0.672. The van der Waals surface area contributed by atoms with Crippen molar-refractivity contribution in [2.24, 2.45) is 0 Å². The Bertz CT molecular complexity index is 1370. The van der Waals surface area contributed by atoms with E-state index in [9.17, 15) is 14.4 Å². The number of amides is 3. The molecule has 3 amide bonds. The largest absolute Gasteiger partial charge is 0.497 e. The summed E-state index contributed by atoms with van der Waals surface area (Å²) >= 11 is 0. The third-order valence-corrected chi connectivity index (χ3v) is 8.09. The fourth-order valence-corrected chi connectivity index (χ4v) is 5.76. The van der Waals surface area contributed by atoms with Gasteiger partial charge >= 0.3 is 0 Å². The maximum atomic E-state index is 14.0. The molecule has 2 aliphatic rings. The van der Waals surface area contributed by atoms with Crippen LogP contribution in [0.2, 0.25) is 0 Å². The van der Waals surface area contributed by atoms with Gasteiger partial charge in [0, 0.05) is 50.4 Å². The number of ether oxygens (including phenoxy) is 2. The summed E-state index contributed by atoms with van der Waals surface area (Å²) in [6, 6.07) is 23.0. The Kier molecular flexibility index (Phi) is 9.38. The highest BCUT2D eigenvalue weighted by atomic mass is 16.5. The lowest BCUT2D eigenvalue weighted by Gasteiger charge is -2.32. The highest BCUT2D eigenvalue weighted by molar-refractivity contribution is 5.99. The van der Waals surface area contributed by atoms with Gasteiger partial charge in [0.15, 0.2) is 0 Å². The van der Waals surface area contributed by atoms with Gasteiger partial charge in [-0.1, -0.05) is 36.4 Å². The first kappa shape index (κ1) is 29.1. The number of hydrogen-bond donors (Lipinski definition) is 1. The van der Waals surface area contributed by atoms with Crippen LogP contribution in [-0.4, -0.2) is 98.0 Å². The molecule has 0 spiro atoms. The van der Waals surface area contributed by atoms with E-state index in [1.807, 2.05) is 40.1 Å². The van der Waals surface area contributed by atoms with Crippen molar-refractivity contribution in [1.29, 1.82) is 0 Å². The third kappa shape index (κ3) is 6.57. The molecule has 0 aliphatic carbocycles. The van der Waals surface area contributed by atoms with Gasteiger partial charge in [0.2, 0.25) is 5.91 Å². The Balaban J connectivity index is 1.46. The molecule has 5 rings (SSSR count). The van der Waals surface area contributed by atoms with E-state index in [-0.39, 0.29) is 30.3 Å². The first-order chi connectivity index (χ1) is 20.5. The van der Waals surface area contributed by atoms with Crippen LogP contribution in [0.25, 0.3) is 0 Å². The lowest BCUT2D eigenvalue weighted by atomic mass is 10.1. The van der Waals surface area contributed by atoms with Crippen LogP contribution < -0.4 is 14.8 Å². The summed E-state index contributed by atoms with van der Waals surface area (Å²) in [6.07, 6.45) is 1.02. The summed E-state index contributed by atoms with van der Waals surface area (Å²) in [4.78, 5) is 47.2. The number of nitrogens with zero attached hydrogens (tertiary/aromatic N) is 3. The Morgan fingerprint density at radius 3 is 2.26 bits per heavy atom. The van der Waals surface area contributed by atoms with Crippen molar-refractivity contribution in [1.82, 2.24) is 20.0 Å². The molecule has 9 heteroatoms. The van der Waals surface area contributed by atoms with Gasteiger partial charge in [-0.3, -0.25) is 14.4 Å². The lowest BCUT2D eigenvalue weighted by Crippen LogP contribution is -2.53. The first-order valence-electron chi connectivity index (χ1n) is 14.4. The zero-order chi connectivity index (χ0) is 29.5. The van der Waals surface area contributed by atoms with Crippen molar-refractivity contribution in [2.75, 3.05) is 53.5 Å². The molecule has 2 atom stereocenters. The highest BCUT2D eigenvalue weighted by Crippen LogP contribution is 2.29. The van der Waals surface area contributed by atoms with Gasteiger partial charge in [-0.2, -0.15) is 0 Å². The van der Waals surface area contributed by atoms with Crippen LogP contribution in [0.4, 0.5) is 0 Å². The van der Waals surface area contributed by atoms with Crippen molar-refractivity contribution in [2.45, 2.75) is 24.9 Å². The molecule has 3 aromatic rings. The number of rotatable bonds is 9. The standard InChI is InChI=1S/C33H38N4O5/c1-41-28-13-11-25(12-14-28)31(38)36(18-15-24-7-4-3-5-8-24)27-22-30(33(40)35-19-16-34-17-20-35)37(23-27)32(39)26-9-6-10-29(21-26)42-2/h3-14,21,27,30,34H,15-20,22-23H2,1-2H3. The average molecular weight is 571 g/mol. The molecule has 2 saturated heterocycles. The number of carbonyl (C=O) groups is 3. The number of methoxy groups -OCH3 is 2. The molecule has 0 bridgehead atoms. The molecule has 2 unspecified atom stereocenters. The number of carbonyl (C=O) groups excluding carboxylic acids is 3. The quantitative estimate of drug-likeness (QED) is 0.425. The Hall–Kier alpha value is -4.37. The molecule has 0 radical (unpaired) electrons. The number of likely N-dealkylation sites (tertiary alicyclic amines) is 1. The molecular weight excluding hydrogens is 532 g/mol. The minimum Gasteiger partial charge on any atom is -0.497 e. The summed E-state index contributed by atoms with van der Waals surface area (Å²) in [6.45, 7) is 3.31. The second kappa shape index (κ2) is 13.5. The molecule has 2 aliphatic heterocycles. The van der Waals surface area contributed by atoms with Crippen LogP contribution >= 0.6 is 0 Å². The Morgan fingerprint density at radius 1 is 0.857 bits per heavy atom. The molecule has 42 heavy (non-hydrogen) atoms.